The lowest BCUT2D eigenvalue weighted by atomic mass is 10.1. The van der Waals surface area contributed by atoms with Gasteiger partial charge in [0.25, 0.3) is 0 Å². The standard InChI is InChI=1S/C24H41N7O3S/c1-6-30(7-2)17-12-18-35(33,34)28-21(16-15-20-13-10-9-11-14-20)23-26-22(31(8-3)27-23)19-25-24(32)29(4)5/h9-11,13-14,21,28H,6-8,12,15-19H2,1-5H3,(H,25,32)/t21-/m1/s1. The molecule has 0 spiro atoms. The minimum atomic E-state index is -3.54. The number of amides is 2. The molecule has 1 aromatic carbocycles. The minimum Gasteiger partial charge on any atom is -0.331 e. The van der Waals surface area contributed by atoms with E-state index in [1.54, 1.807) is 18.8 Å². The third-order valence-corrected chi connectivity index (χ3v) is 7.32. The maximum atomic E-state index is 13.0. The molecular formula is C24H41N7O3S. The molecule has 35 heavy (non-hydrogen) atoms. The molecule has 0 saturated heterocycles. The first-order valence-electron chi connectivity index (χ1n) is 12.3. The van der Waals surface area contributed by atoms with E-state index in [1.807, 2.05) is 37.3 Å². The third-order valence-electron chi connectivity index (χ3n) is 5.85. The van der Waals surface area contributed by atoms with Crippen molar-refractivity contribution in [2.24, 2.45) is 0 Å². The average molecular weight is 508 g/mol. The lowest BCUT2D eigenvalue weighted by Crippen LogP contribution is -2.34. The van der Waals surface area contributed by atoms with Gasteiger partial charge in [0.1, 0.15) is 5.82 Å². The summed E-state index contributed by atoms with van der Waals surface area (Å²) in [6, 6.07) is 9.15. The van der Waals surface area contributed by atoms with Crippen LogP contribution in [0.1, 0.15) is 56.9 Å². The predicted octanol–water partition coefficient (Wildman–Crippen LogP) is 2.39. The van der Waals surface area contributed by atoms with Crippen LogP contribution in [-0.4, -0.2) is 78.5 Å². The van der Waals surface area contributed by atoms with Crippen LogP contribution < -0.4 is 10.0 Å². The number of aromatic nitrogens is 3. The number of rotatable bonds is 15. The molecule has 0 saturated carbocycles. The zero-order valence-electron chi connectivity index (χ0n) is 21.7. The Bertz CT molecular complexity index is 1010. The lowest BCUT2D eigenvalue weighted by molar-refractivity contribution is 0.216. The Hall–Kier alpha value is -2.50. The highest BCUT2D eigenvalue weighted by molar-refractivity contribution is 7.89. The first kappa shape index (κ1) is 28.7. The van der Waals surface area contributed by atoms with Gasteiger partial charge in [0.2, 0.25) is 10.0 Å². The summed E-state index contributed by atoms with van der Waals surface area (Å²) < 4.78 is 30.5. The lowest BCUT2D eigenvalue weighted by Gasteiger charge is -2.19. The van der Waals surface area contributed by atoms with E-state index in [-0.39, 0.29) is 18.3 Å². The average Bonchev–Trinajstić information content (AvgIpc) is 3.26. The van der Waals surface area contributed by atoms with Crippen LogP contribution >= 0.6 is 0 Å². The molecule has 11 heteroatoms. The molecule has 0 aliphatic carbocycles. The molecule has 1 heterocycles. The van der Waals surface area contributed by atoms with Gasteiger partial charge >= 0.3 is 6.03 Å². The van der Waals surface area contributed by atoms with Crippen molar-refractivity contribution in [2.75, 3.05) is 39.5 Å². The Morgan fingerprint density at radius 1 is 1.11 bits per heavy atom. The van der Waals surface area contributed by atoms with E-state index in [9.17, 15) is 13.2 Å². The van der Waals surface area contributed by atoms with Crippen molar-refractivity contribution in [3.8, 4) is 0 Å². The maximum absolute atomic E-state index is 13.0. The normalized spacial score (nSPS) is 12.6. The van der Waals surface area contributed by atoms with E-state index in [4.69, 9.17) is 0 Å². The fourth-order valence-electron chi connectivity index (χ4n) is 3.73. The highest BCUT2D eigenvalue weighted by Gasteiger charge is 2.24. The molecule has 1 atom stereocenters. The van der Waals surface area contributed by atoms with Crippen LogP contribution in [0, 0.1) is 0 Å². The minimum absolute atomic E-state index is 0.0472. The van der Waals surface area contributed by atoms with Crippen LogP contribution in [0.15, 0.2) is 30.3 Å². The second kappa shape index (κ2) is 14.2. The number of carbonyl (C=O) groups is 1. The number of hydrogen-bond acceptors (Lipinski definition) is 6. The predicted molar refractivity (Wildman–Crippen MR) is 138 cm³/mol. The molecule has 2 aromatic rings. The van der Waals surface area contributed by atoms with Crippen LogP contribution in [0.4, 0.5) is 4.79 Å². The molecule has 2 amide bonds. The van der Waals surface area contributed by atoms with Crippen molar-refractivity contribution in [1.82, 2.24) is 34.6 Å². The van der Waals surface area contributed by atoms with E-state index in [0.29, 0.717) is 37.5 Å². The summed E-state index contributed by atoms with van der Waals surface area (Å²) in [7, 11) is -0.202. The van der Waals surface area contributed by atoms with E-state index < -0.39 is 16.1 Å². The smallest absolute Gasteiger partial charge is 0.317 e. The van der Waals surface area contributed by atoms with Crippen molar-refractivity contribution >= 4 is 16.1 Å². The second-order valence-corrected chi connectivity index (χ2v) is 10.5. The number of urea groups is 1. The van der Waals surface area contributed by atoms with E-state index in [2.05, 4.69) is 38.9 Å². The highest BCUT2D eigenvalue weighted by atomic mass is 32.2. The molecule has 2 rings (SSSR count). The Morgan fingerprint density at radius 3 is 2.40 bits per heavy atom. The maximum Gasteiger partial charge on any atom is 0.317 e. The fraction of sp³-hybridized carbons (Fsp3) is 0.625. The SMILES string of the molecule is CCN(CC)CCCS(=O)(=O)N[C@H](CCc1ccccc1)c1nc(CNC(=O)N(C)C)n(CC)n1. The molecule has 0 aliphatic rings. The number of carbonyl (C=O) groups excluding carboxylic acids is 1. The van der Waals surface area contributed by atoms with Crippen LogP contribution in [0.2, 0.25) is 0 Å². The summed E-state index contributed by atoms with van der Waals surface area (Å²) in [5.41, 5.74) is 1.12. The van der Waals surface area contributed by atoms with Crippen LogP contribution in [0.5, 0.6) is 0 Å². The van der Waals surface area contributed by atoms with Crippen molar-refractivity contribution in [3.05, 3.63) is 47.5 Å². The number of nitrogens with one attached hydrogen (secondary N) is 2. The molecule has 10 nitrogen and oxygen atoms in total. The van der Waals surface area contributed by atoms with Gasteiger partial charge in [-0.25, -0.2) is 27.6 Å². The van der Waals surface area contributed by atoms with Crippen molar-refractivity contribution in [2.45, 2.75) is 59.2 Å². The third kappa shape index (κ3) is 9.58. The molecule has 0 fully saturated rings. The van der Waals surface area contributed by atoms with E-state index in [1.165, 1.54) is 4.90 Å². The number of aryl methyl sites for hydroxylation is 2. The molecular weight excluding hydrogens is 466 g/mol. The topological polar surface area (TPSA) is 112 Å². The van der Waals surface area contributed by atoms with Gasteiger partial charge in [0.15, 0.2) is 5.82 Å². The molecule has 0 bridgehead atoms. The van der Waals surface area contributed by atoms with E-state index >= 15 is 0 Å². The second-order valence-electron chi connectivity index (χ2n) is 8.65. The molecule has 0 unspecified atom stereocenters. The Labute approximate surface area is 210 Å². The van der Waals surface area contributed by atoms with Crippen molar-refractivity contribution in [3.63, 3.8) is 0 Å². The molecule has 196 valence electrons. The summed E-state index contributed by atoms with van der Waals surface area (Å²) in [6.45, 7) is 9.38. The molecule has 1 aromatic heterocycles. The first-order valence-corrected chi connectivity index (χ1v) is 14.0. The summed E-state index contributed by atoms with van der Waals surface area (Å²) >= 11 is 0. The fourth-order valence-corrected chi connectivity index (χ4v) is 5.01. The Balaban J connectivity index is 2.19. The Morgan fingerprint density at radius 2 is 1.80 bits per heavy atom. The number of hydrogen-bond donors (Lipinski definition) is 2. The molecule has 0 radical (unpaired) electrons. The van der Waals surface area contributed by atoms with Gasteiger partial charge in [-0.2, -0.15) is 5.10 Å². The van der Waals surface area contributed by atoms with Crippen LogP contribution in [-0.2, 0) is 29.5 Å². The van der Waals surface area contributed by atoms with Crippen molar-refractivity contribution < 1.29 is 13.2 Å². The highest BCUT2D eigenvalue weighted by Crippen LogP contribution is 2.19. The van der Waals surface area contributed by atoms with E-state index in [0.717, 1.165) is 25.2 Å². The quantitative estimate of drug-likeness (QED) is 0.383. The van der Waals surface area contributed by atoms with Gasteiger partial charge in [0.05, 0.1) is 18.3 Å². The van der Waals surface area contributed by atoms with Crippen molar-refractivity contribution in [1.29, 1.82) is 0 Å². The number of benzene rings is 1. The number of nitrogens with zero attached hydrogens (tertiary/aromatic N) is 5. The first-order chi connectivity index (χ1) is 16.7. The molecule has 2 N–H and O–H groups in total. The summed E-state index contributed by atoms with van der Waals surface area (Å²) in [4.78, 5) is 20.2. The molecule has 0 aliphatic heterocycles. The largest absolute Gasteiger partial charge is 0.331 e. The monoisotopic (exact) mass is 507 g/mol. The van der Waals surface area contributed by atoms with Gasteiger partial charge in [-0.3, -0.25) is 0 Å². The van der Waals surface area contributed by atoms with Gasteiger partial charge in [0, 0.05) is 20.6 Å². The van der Waals surface area contributed by atoms with Gasteiger partial charge < -0.3 is 15.1 Å². The van der Waals surface area contributed by atoms with Gasteiger partial charge in [-0.15, -0.1) is 0 Å². The van der Waals surface area contributed by atoms with Gasteiger partial charge in [-0.1, -0.05) is 44.2 Å². The zero-order valence-corrected chi connectivity index (χ0v) is 22.5. The van der Waals surface area contributed by atoms with Crippen LogP contribution in [0.3, 0.4) is 0 Å². The summed E-state index contributed by atoms with van der Waals surface area (Å²) in [5, 5.41) is 7.39. The zero-order chi connectivity index (χ0) is 25.8. The van der Waals surface area contributed by atoms with Gasteiger partial charge in [-0.05, 0) is 51.4 Å². The number of sulfonamides is 1. The Kier molecular flexibility index (Phi) is 11.6. The summed E-state index contributed by atoms with van der Waals surface area (Å²) in [5.74, 6) is 1.05. The van der Waals surface area contributed by atoms with Crippen LogP contribution in [0.25, 0.3) is 0 Å². The summed E-state index contributed by atoms with van der Waals surface area (Å²) in [6.07, 6.45) is 1.76.